The van der Waals surface area contributed by atoms with Crippen LogP contribution in [0.1, 0.15) is 0 Å². The van der Waals surface area contributed by atoms with Crippen LogP contribution in [-0.2, 0) is 0 Å². The van der Waals surface area contributed by atoms with Gasteiger partial charge in [-0.15, -0.1) is 0 Å². The highest BCUT2D eigenvalue weighted by Crippen LogP contribution is 2.18. The van der Waals surface area contributed by atoms with Gasteiger partial charge >= 0.3 is 0 Å². The van der Waals surface area contributed by atoms with Crippen molar-refractivity contribution in [1.29, 1.82) is 0 Å². The van der Waals surface area contributed by atoms with Crippen molar-refractivity contribution in [2.45, 2.75) is 0 Å². The molecule has 0 aromatic rings. The summed E-state index contributed by atoms with van der Waals surface area (Å²) in [6.45, 7) is 0. The molecule has 2 rings (SSSR count). The topological polar surface area (TPSA) is 30.2 Å². The Kier molecular flexibility index (Phi) is 1.11. The minimum Gasteiger partial charge on any atom is -0.463 e. The highest BCUT2D eigenvalue weighted by molar-refractivity contribution is 7.08. The Balaban J connectivity index is 2.91. The molecule has 0 aromatic carbocycles. The van der Waals surface area contributed by atoms with Crippen LogP contribution in [0.3, 0.4) is 0 Å². The Morgan fingerprint density at radius 3 is 3.20 bits per heavy atom. The molecular formula is C7H4O2S. The number of hydrogen-bond acceptors (Lipinski definition) is 3. The van der Waals surface area contributed by atoms with Crippen molar-refractivity contribution in [3.05, 3.63) is 33.3 Å². The molecule has 2 heterocycles. The zero-order valence-corrected chi connectivity index (χ0v) is 5.85. The summed E-state index contributed by atoms with van der Waals surface area (Å²) in [6.07, 6.45) is 1.56. The van der Waals surface area contributed by atoms with Crippen molar-refractivity contribution in [2.24, 2.45) is 0 Å². The summed E-state index contributed by atoms with van der Waals surface area (Å²) < 4.78 is 5.11. The van der Waals surface area contributed by atoms with E-state index in [0.717, 1.165) is 0 Å². The predicted molar refractivity (Wildman–Crippen MR) is 39.5 cm³/mol. The van der Waals surface area contributed by atoms with E-state index in [9.17, 15) is 4.79 Å². The molecule has 0 spiro atoms. The molecule has 0 saturated heterocycles. The molecule has 0 N–H and O–H groups in total. The Morgan fingerprint density at radius 1 is 1.50 bits per heavy atom. The first kappa shape index (κ1) is 5.68. The van der Waals surface area contributed by atoms with Gasteiger partial charge in [0.2, 0.25) is 4.74 Å². The van der Waals surface area contributed by atoms with E-state index in [-0.39, 0.29) is 4.74 Å². The molecule has 10 heavy (non-hydrogen) atoms. The predicted octanol–water partition coefficient (Wildman–Crippen LogP) is 1.81. The molecule has 0 fully saturated rings. The Bertz CT molecular complexity index is 360. The Morgan fingerprint density at radius 2 is 2.40 bits per heavy atom. The number of thiophene rings is 1. The van der Waals surface area contributed by atoms with Gasteiger partial charge in [-0.05, 0) is 12.1 Å². The second-order valence-corrected chi connectivity index (χ2v) is 2.76. The van der Waals surface area contributed by atoms with E-state index >= 15 is 0 Å². The van der Waals surface area contributed by atoms with Gasteiger partial charge in [-0.3, -0.25) is 4.79 Å². The van der Waals surface area contributed by atoms with Gasteiger partial charge in [0, 0.05) is 5.38 Å². The summed E-state index contributed by atoms with van der Waals surface area (Å²) in [6, 6.07) is 3.48. The van der Waals surface area contributed by atoms with E-state index in [4.69, 9.17) is 4.42 Å². The lowest BCUT2D eigenvalue weighted by molar-refractivity contribution is 0.567. The number of fused-ring (bicyclic) bond motifs is 1. The molecule has 2 aliphatic heterocycles. The summed E-state index contributed by atoms with van der Waals surface area (Å²) in [5.74, 6) is 0.678. The summed E-state index contributed by atoms with van der Waals surface area (Å²) in [5, 5.41) is 1.72. The van der Waals surface area contributed by atoms with Crippen LogP contribution in [0.2, 0.25) is 0 Å². The molecule has 0 aliphatic carbocycles. The van der Waals surface area contributed by atoms with Gasteiger partial charge in [-0.25, -0.2) is 0 Å². The van der Waals surface area contributed by atoms with Crippen LogP contribution < -0.4 is 4.74 Å². The molecule has 3 heteroatoms. The second kappa shape index (κ2) is 1.95. The van der Waals surface area contributed by atoms with Gasteiger partial charge in [0.15, 0.2) is 0 Å². The van der Waals surface area contributed by atoms with Crippen LogP contribution in [0, 0.1) is 0 Å². The molecular weight excluding hydrogens is 148 g/mol. The quantitative estimate of drug-likeness (QED) is 0.576. The first-order valence-corrected chi connectivity index (χ1v) is 3.71. The number of rotatable bonds is 0. The highest BCUT2D eigenvalue weighted by atomic mass is 32.1. The van der Waals surface area contributed by atoms with Crippen LogP contribution in [0.4, 0.5) is 0 Å². The van der Waals surface area contributed by atoms with E-state index in [1.807, 2.05) is 0 Å². The van der Waals surface area contributed by atoms with E-state index in [0.29, 0.717) is 11.3 Å². The third kappa shape index (κ3) is 0.675. The van der Waals surface area contributed by atoms with Gasteiger partial charge in [0.25, 0.3) is 0 Å². The van der Waals surface area contributed by atoms with Crippen molar-refractivity contribution in [1.82, 2.24) is 0 Å². The van der Waals surface area contributed by atoms with E-state index in [2.05, 4.69) is 0 Å². The minimum atomic E-state index is 0.0688. The Labute approximate surface area is 61.1 Å². The lowest BCUT2D eigenvalue weighted by atomic mass is 10.3. The smallest absolute Gasteiger partial charge is 0.243 e. The molecule has 0 saturated carbocycles. The molecule has 0 aromatic heterocycles. The summed E-state index contributed by atoms with van der Waals surface area (Å²) >= 11 is 1.17. The van der Waals surface area contributed by atoms with Crippen molar-refractivity contribution in [3.8, 4) is 11.3 Å². The lowest BCUT2D eigenvalue weighted by Crippen LogP contribution is -1.90. The zero-order valence-electron chi connectivity index (χ0n) is 5.03. The fourth-order valence-corrected chi connectivity index (χ4v) is 1.52. The summed E-state index contributed by atoms with van der Waals surface area (Å²) in [5.41, 5.74) is 0.674. The van der Waals surface area contributed by atoms with Gasteiger partial charge in [-0.1, -0.05) is 11.3 Å². The molecule has 0 atom stereocenters. The van der Waals surface area contributed by atoms with E-state index in [1.165, 1.54) is 11.3 Å². The van der Waals surface area contributed by atoms with Crippen LogP contribution in [0.15, 0.2) is 33.0 Å². The average Bonchev–Trinajstić information content (AvgIpc) is 2.34. The first-order chi connectivity index (χ1) is 4.88. The summed E-state index contributed by atoms with van der Waals surface area (Å²) in [7, 11) is 0. The fourth-order valence-electron chi connectivity index (χ4n) is 0.824. The molecule has 0 radical (unpaired) electrons. The monoisotopic (exact) mass is 152 g/mol. The van der Waals surface area contributed by atoms with E-state index < -0.39 is 0 Å². The number of hydrogen-bond donors (Lipinski definition) is 0. The third-order valence-corrected chi connectivity index (χ3v) is 2.06. The van der Waals surface area contributed by atoms with Crippen molar-refractivity contribution in [3.63, 3.8) is 0 Å². The van der Waals surface area contributed by atoms with Crippen LogP contribution in [0.25, 0.3) is 11.3 Å². The first-order valence-electron chi connectivity index (χ1n) is 2.83. The molecule has 0 unspecified atom stereocenters. The second-order valence-electron chi connectivity index (χ2n) is 1.91. The van der Waals surface area contributed by atoms with Crippen LogP contribution in [-0.4, -0.2) is 0 Å². The Hall–Kier alpha value is -1.09. The van der Waals surface area contributed by atoms with Crippen LogP contribution >= 0.6 is 11.3 Å². The highest BCUT2D eigenvalue weighted by Gasteiger charge is 2.07. The lowest BCUT2D eigenvalue weighted by Gasteiger charge is -1.90. The molecule has 50 valence electrons. The zero-order chi connectivity index (χ0) is 6.97. The van der Waals surface area contributed by atoms with Gasteiger partial charge in [-0.2, -0.15) is 0 Å². The third-order valence-electron chi connectivity index (χ3n) is 1.29. The standard InChI is InChI=1S/C7H4O2S/c8-7-5-2-1-3-9-6(5)4-10-7/h1-4H. The van der Waals surface area contributed by atoms with Gasteiger partial charge in [0.05, 0.1) is 11.8 Å². The summed E-state index contributed by atoms with van der Waals surface area (Å²) in [4.78, 5) is 10.9. The van der Waals surface area contributed by atoms with Crippen molar-refractivity contribution < 1.29 is 4.42 Å². The SMILES string of the molecule is O=c1scc2occcc1-2. The molecule has 0 amide bonds. The average molecular weight is 152 g/mol. The van der Waals surface area contributed by atoms with Gasteiger partial charge in [0.1, 0.15) is 5.76 Å². The molecule has 2 nitrogen and oxygen atoms in total. The maximum Gasteiger partial charge on any atom is 0.243 e. The van der Waals surface area contributed by atoms with Crippen molar-refractivity contribution >= 4 is 11.3 Å². The maximum absolute atomic E-state index is 10.9. The fraction of sp³-hybridized carbons (Fsp3) is 0. The minimum absolute atomic E-state index is 0.0688. The van der Waals surface area contributed by atoms with Gasteiger partial charge < -0.3 is 4.42 Å². The van der Waals surface area contributed by atoms with Crippen molar-refractivity contribution in [2.75, 3.05) is 0 Å². The molecule has 2 aliphatic rings. The largest absolute Gasteiger partial charge is 0.463 e. The van der Waals surface area contributed by atoms with E-state index in [1.54, 1.807) is 23.8 Å². The normalized spacial score (nSPS) is 10.4. The van der Waals surface area contributed by atoms with Crippen LogP contribution in [0.5, 0.6) is 0 Å². The maximum atomic E-state index is 10.9. The molecule has 0 bridgehead atoms.